The third kappa shape index (κ3) is 2.96. The van der Waals surface area contributed by atoms with Crippen molar-refractivity contribution in [1.29, 1.82) is 0 Å². The molecule has 1 aliphatic rings. The predicted molar refractivity (Wildman–Crippen MR) is 90.1 cm³/mol. The molecule has 2 aromatic rings. The predicted octanol–water partition coefficient (Wildman–Crippen LogP) is 5.43. The molecule has 0 bridgehead atoms. The van der Waals surface area contributed by atoms with Crippen LogP contribution in [-0.4, -0.2) is 5.91 Å². The van der Waals surface area contributed by atoms with E-state index in [0.29, 0.717) is 15.7 Å². The highest BCUT2D eigenvalue weighted by molar-refractivity contribution is 9.10. The lowest BCUT2D eigenvalue weighted by atomic mass is 9.95. The maximum Gasteiger partial charge on any atom is 0.235 e. The Morgan fingerprint density at radius 3 is 2.57 bits per heavy atom. The second kappa shape index (κ2) is 5.64. The first kappa shape index (κ1) is 14.9. The van der Waals surface area contributed by atoms with Gasteiger partial charge in [0.2, 0.25) is 5.91 Å². The molecule has 1 amide bonds. The van der Waals surface area contributed by atoms with Gasteiger partial charge in [0.15, 0.2) is 0 Å². The van der Waals surface area contributed by atoms with Crippen LogP contribution in [0.1, 0.15) is 18.4 Å². The SMILES string of the molecule is O=C(Nc1cc(Cl)ccc1Cl)C1(c2cccc(Br)c2)CC1. The van der Waals surface area contributed by atoms with Crippen molar-refractivity contribution >= 4 is 50.7 Å². The van der Waals surface area contributed by atoms with Crippen molar-refractivity contribution in [3.63, 3.8) is 0 Å². The van der Waals surface area contributed by atoms with Gasteiger partial charge in [0.05, 0.1) is 16.1 Å². The molecule has 0 saturated heterocycles. The number of nitrogens with one attached hydrogen (secondary N) is 1. The highest BCUT2D eigenvalue weighted by Crippen LogP contribution is 2.49. The molecule has 3 rings (SSSR count). The van der Waals surface area contributed by atoms with E-state index in [-0.39, 0.29) is 5.91 Å². The largest absolute Gasteiger partial charge is 0.324 e. The van der Waals surface area contributed by atoms with Crippen LogP contribution in [0.15, 0.2) is 46.9 Å². The molecule has 2 nitrogen and oxygen atoms in total. The summed E-state index contributed by atoms with van der Waals surface area (Å²) >= 11 is 15.5. The minimum Gasteiger partial charge on any atom is -0.324 e. The molecule has 108 valence electrons. The average molecular weight is 385 g/mol. The fourth-order valence-corrected chi connectivity index (χ4v) is 3.13. The van der Waals surface area contributed by atoms with Crippen molar-refractivity contribution < 1.29 is 4.79 Å². The Bertz CT molecular complexity index is 713. The molecule has 21 heavy (non-hydrogen) atoms. The van der Waals surface area contributed by atoms with E-state index in [2.05, 4.69) is 21.2 Å². The third-order valence-electron chi connectivity index (χ3n) is 3.74. The number of benzene rings is 2. The molecular weight excluding hydrogens is 373 g/mol. The smallest absolute Gasteiger partial charge is 0.235 e. The van der Waals surface area contributed by atoms with Crippen LogP contribution in [-0.2, 0) is 10.2 Å². The molecule has 1 N–H and O–H groups in total. The lowest BCUT2D eigenvalue weighted by Crippen LogP contribution is -2.27. The van der Waals surface area contributed by atoms with Crippen LogP contribution in [0.2, 0.25) is 10.0 Å². The molecule has 0 heterocycles. The Morgan fingerprint density at radius 2 is 1.90 bits per heavy atom. The first-order valence-electron chi connectivity index (χ1n) is 6.54. The molecule has 1 fully saturated rings. The number of carbonyl (C=O) groups is 1. The second-order valence-corrected chi connectivity index (χ2v) is 6.93. The van der Waals surface area contributed by atoms with E-state index in [4.69, 9.17) is 23.2 Å². The summed E-state index contributed by atoms with van der Waals surface area (Å²) < 4.78 is 0.972. The van der Waals surface area contributed by atoms with Crippen LogP contribution in [0, 0.1) is 0 Å². The van der Waals surface area contributed by atoms with Crippen molar-refractivity contribution in [1.82, 2.24) is 0 Å². The molecule has 0 unspecified atom stereocenters. The van der Waals surface area contributed by atoms with E-state index in [1.165, 1.54) is 0 Å². The summed E-state index contributed by atoms with van der Waals surface area (Å²) in [6.07, 6.45) is 1.68. The van der Waals surface area contributed by atoms with E-state index in [9.17, 15) is 4.79 Å². The van der Waals surface area contributed by atoms with Gasteiger partial charge in [-0.05, 0) is 48.7 Å². The fraction of sp³-hybridized carbons (Fsp3) is 0.188. The standard InChI is InChI=1S/C16H12BrCl2NO/c17-11-3-1-2-10(8-11)16(6-7-16)15(21)20-14-9-12(18)4-5-13(14)19/h1-5,8-9H,6-7H2,(H,20,21). The zero-order valence-corrected chi connectivity index (χ0v) is 14.1. The quantitative estimate of drug-likeness (QED) is 0.751. The summed E-state index contributed by atoms with van der Waals surface area (Å²) in [5, 5.41) is 3.93. The monoisotopic (exact) mass is 383 g/mol. The normalized spacial score (nSPS) is 15.6. The van der Waals surface area contributed by atoms with Crippen molar-refractivity contribution in [3.05, 3.63) is 62.5 Å². The number of hydrogen-bond acceptors (Lipinski definition) is 1. The Morgan fingerprint density at radius 1 is 1.14 bits per heavy atom. The van der Waals surface area contributed by atoms with Crippen LogP contribution in [0.25, 0.3) is 0 Å². The number of carbonyl (C=O) groups excluding carboxylic acids is 1. The minimum atomic E-state index is -0.449. The zero-order chi connectivity index (χ0) is 15.0. The van der Waals surface area contributed by atoms with E-state index in [1.54, 1.807) is 18.2 Å². The Kier molecular flexibility index (Phi) is 4.00. The van der Waals surface area contributed by atoms with Gasteiger partial charge in [-0.1, -0.05) is 51.3 Å². The van der Waals surface area contributed by atoms with Crippen LogP contribution in [0.5, 0.6) is 0 Å². The topological polar surface area (TPSA) is 29.1 Å². The molecule has 0 radical (unpaired) electrons. The van der Waals surface area contributed by atoms with Gasteiger partial charge in [-0.3, -0.25) is 4.79 Å². The van der Waals surface area contributed by atoms with E-state index < -0.39 is 5.41 Å². The van der Waals surface area contributed by atoms with Crippen molar-refractivity contribution in [3.8, 4) is 0 Å². The number of hydrogen-bond donors (Lipinski definition) is 1. The van der Waals surface area contributed by atoms with Gasteiger partial charge in [0.1, 0.15) is 0 Å². The summed E-state index contributed by atoms with van der Waals surface area (Å²) in [4.78, 5) is 12.6. The molecule has 0 spiro atoms. The van der Waals surface area contributed by atoms with Gasteiger partial charge in [-0.15, -0.1) is 0 Å². The number of amides is 1. The van der Waals surface area contributed by atoms with Gasteiger partial charge in [0, 0.05) is 9.50 Å². The van der Waals surface area contributed by atoms with Gasteiger partial charge in [0.25, 0.3) is 0 Å². The Labute approximate surface area is 141 Å². The van der Waals surface area contributed by atoms with Gasteiger partial charge in [-0.25, -0.2) is 0 Å². The fourth-order valence-electron chi connectivity index (χ4n) is 2.39. The second-order valence-electron chi connectivity index (χ2n) is 5.17. The molecule has 0 aliphatic heterocycles. The van der Waals surface area contributed by atoms with Crippen LogP contribution in [0.3, 0.4) is 0 Å². The molecule has 1 saturated carbocycles. The van der Waals surface area contributed by atoms with Crippen molar-refractivity contribution in [2.45, 2.75) is 18.3 Å². The van der Waals surface area contributed by atoms with Crippen molar-refractivity contribution in [2.75, 3.05) is 5.32 Å². The minimum absolute atomic E-state index is 0.0373. The van der Waals surface area contributed by atoms with Gasteiger partial charge >= 0.3 is 0 Å². The lowest BCUT2D eigenvalue weighted by Gasteiger charge is -2.17. The number of rotatable bonds is 3. The highest BCUT2D eigenvalue weighted by atomic mass is 79.9. The number of anilines is 1. The summed E-state index contributed by atoms with van der Waals surface area (Å²) in [7, 11) is 0. The average Bonchev–Trinajstić information content (AvgIpc) is 3.24. The molecule has 1 aliphatic carbocycles. The summed E-state index contributed by atoms with van der Waals surface area (Å²) in [6.45, 7) is 0. The molecule has 2 aromatic carbocycles. The Balaban J connectivity index is 1.87. The van der Waals surface area contributed by atoms with E-state index in [1.807, 2.05) is 24.3 Å². The first-order chi connectivity index (χ1) is 10.0. The zero-order valence-electron chi connectivity index (χ0n) is 11.0. The summed E-state index contributed by atoms with van der Waals surface area (Å²) in [6, 6.07) is 12.9. The first-order valence-corrected chi connectivity index (χ1v) is 8.09. The molecular formula is C16H12BrCl2NO. The maximum absolute atomic E-state index is 12.6. The van der Waals surface area contributed by atoms with Crippen LogP contribution >= 0.6 is 39.1 Å². The molecule has 0 atom stereocenters. The van der Waals surface area contributed by atoms with Crippen LogP contribution < -0.4 is 5.32 Å². The van der Waals surface area contributed by atoms with Gasteiger partial charge in [-0.2, -0.15) is 0 Å². The van der Waals surface area contributed by atoms with Crippen LogP contribution in [0.4, 0.5) is 5.69 Å². The lowest BCUT2D eigenvalue weighted by molar-refractivity contribution is -0.118. The maximum atomic E-state index is 12.6. The van der Waals surface area contributed by atoms with E-state index in [0.717, 1.165) is 22.9 Å². The molecule has 5 heteroatoms. The number of halogens is 3. The Hall–Kier alpha value is -1.03. The van der Waals surface area contributed by atoms with Crippen molar-refractivity contribution in [2.24, 2.45) is 0 Å². The molecule has 0 aromatic heterocycles. The van der Waals surface area contributed by atoms with Gasteiger partial charge < -0.3 is 5.32 Å². The third-order valence-corrected chi connectivity index (χ3v) is 4.80. The summed E-state index contributed by atoms with van der Waals surface area (Å²) in [5.74, 6) is -0.0373. The highest BCUT2D eigenvalue weighted by Gasteiger charge is 2.51. The summed E-state index contributed by atoms with van der Waals surface area (Å²) in [5.41, 5.74) is 1.12. The van der Waals surface area contributed by atoms with E-state index >= 15 is 0 Å².